The molecule has 1 amide bonds. The molecule has 0 N–H and O–H groups in total. The average Bonchev–Trinajstić information content (AvgIpc) is 2.98. The van der Waals surface area contributed by atoms with E-state index in [0.717, 1.165) is 61.3 Å². The normalized spacial score (nSPS) is 18.0. The smallest absolute Gasteiger partial charge is 0.260 e. The van der Waals surface area contributed by atoms with Crippen LogP contribution in [0.1, 0.15) is 43.4 Å². The van der Waals surface area contributed by atoms with Crippen molar-refractivity contribution >= 4 is 16.9 Å². The van der Waals surface area contributed by atoms with Gasteiger partial charge in [-0.2, -0.15) is 0 Å². The highest BCUT2D eigenvalue weighted by atomic mass is 16.5. The molecule has 0 saturated carbocycles. The van der Waals surface area contributed by atoms with Crippen molar-refractivity contribution in [1.82, 2.24) is 4.90 Å². The van der Waals surface area contributed by atoms with Gasteiger partial charge in [0.2, 0.25) is 0 Å². The lowest BCUT2D eigenvalue weighted by molar-refractivity contribution is -0.134. The third-order valence-corrected chi connectivity index (χ3v) is 5.00. The Balaban J connectivity index is 1.47. The Kier molecular flexibility index (Phi) is 3.98. The molecule has 122 valence electrons. The van der Waals surface area contributed by atoms with E-state index in [9.17, 15) is 4.79 Å². The van der Waals surface area contributed by atoms with Crippen LogP contribution in [0, 0.1) is 0 Å². The second-order valence-corrected chi connectivity index (χ2v) is 6.60. The number of piperidine rings is 1. The first kappa shape index (κ1) is 14.6. The fourth-order valence-corrected chi connectivity index (χ4v) is 3.71. The van der Waals surface area contributed by atoms with Crippen molar-refractivity contribution in [2.75, 3.05) is 19.7 Å². The van der Waals surface area contributed by atoms with E-state index in [1.165, 1.54) is 24.8 Å². The number of furan rings is 1. The lowest BCUT2D eigenvalue weighted by Crippen LogP contribution is -2.38. The van der Waals surface area contributed by atoms with E-state index in [2.05, 4.69) is 0 Å². The van der Waals surface area contributed by atoms with E-state index >= 15 is 0 Å². The largest absolute Gasteiger partial charge is 0.484 e. The van der Waals surface area contributed by atoms with Crippen LogP contribution >= 0.6 is 0 Å². The number of benzene rings is 1. The maximum atomic E-state index is 12.2. The highest BCUT2D eigenvalue weighted by molar-refractivity contribution is 5.84. The van der Waals surface area contributed by atoms with Crippen LogP contribution in [0.4, 0.5) is 0 Å². The molecule has 2 heterocycles. The van der Waals surface area contributed by atoms with Gasteiger partial charge >= 0.3 is 0 Å². The minimum Gasteiger partial charge on any atom is -0.484 e. The third kappa shape index (κ3) is 2.94. The molecular weight excluding hydrogens is 290 g/mol. The number of nitrogens with zero attached hydrogens (tertiary/aromatic N) is 1. The fourth-order valence-electron chi connectivity index (χ4n) is 3.71. The molecule has 4 rings (SSSR count). The van der Waals surface area contributed by atoms with E-state index in [1.807, 2.05) is 23.1 Å². The van der Waals surface area contributed by atoms with Gasteiger partial charge in [-0.3, -0.25) is 4.79 Å². The summed E-state index contributed by atoms with van der Waals surface area (Å²) in [7, 11) is 0. The van der Waals surface area contributed by atoms with Crippen LogP contribution in [-0.2, 0) is 17.6 Å². The van der Waals surface area contributed by atoms with Crippen molar-refractivity contribution in [3.63, 3.8) is 0 Å². The number of carbonyl (C=O) groups is 1. The maximum absolute atomic E-state index is 12.2. The second-order valence-electron chi connectivity index (χ2n) is 6.60. The molecule has 1 aromatic heterocycles. The predicted octanol–water partition coefficient (Wildman–Crippen LogP) is 3.70. The number of rotatable bonds is 3. The highest BCUT2D eigenvalue weighted by Crippen LogP contribution is 2.33. The van der Waals surface area contributed by atoms with Crippen molar-refractivity contribution in [2.24, 2.45) is 0 Å². The summed E-state index contributed by atoms with van der Waals surface area (Å²) in [4.78, 5) is 14.1. The number of carbonyl (C=O) groups excluding carboxylic acids is 1. The van der Waals surface area contributed by atoms with E-state index in [4.69, 9.17) is 9.15 Å². The van der Waals surface area contributed by atoms with Crippen molar-refractivity contribution in [1.29, 1.82) is 0 Å². The minimum absolute atomic E-state index is 0.0963. The molecule has 1 aliphatic heterocycles. The molecule has 0 bridgehead atoms. The molecule has 0 spiro atoms. The van der Waals surface area contributed by atoms with Gasteiger partial charge in [-0.1, -0.05) is 0 Å². The quantitative estimate of drug-likeness (QED) is 0.867. The minimum atomic E-state index is 0.0963. The Hall–Kier alpha value is -1.97. The standard InChI is InChI=1S/C19H23NO3/c21-19(20-10-4-1-5-11-20)13-22-14-8-9-18-16(12-14)15-6-2-3-7-17(15)23-18/h8-9,12H,1-7,10-11,13H2. The van der Waals surface area contributed by atoms with Gasteiger partial charge in [0.15, 0.2) is 6.61 Å². The summed E-state index contributed by atoms with van der Waals surface area (Å²) >= 11 is 0. The topological polar surface area (TPSA) is 42.7 Å². The first-order chi connectivity index (χ1) is 11.3. The van der Waals surface area contributed by atoms with Gasteiger partial charge < -0.3 is 14.1 Å². The number of likely N-dealkylation sites (tertiary alicyclic amines) is 1. The van der Waals surface area contributed by atoms with Crippen molar-refractivity contribution < 1.29 is 13.9 Å². The maximum Gasteiger partial charge on any atom is 0.260 e. The van der Waals surface area contributed by atoms with Crippen LogP contribution in [0.5, 0.6) is 5.75 Å². The van der Waals surface area contributed by atoms with Gasteiger partial charge in [0.05, 0.1) is 0 Å². The first-order valence-electron chi connectivity index (χ1n) is 8.76. The molecule has 0 radical (unpaired) electrons. The summed E-state index contributed by atoms with van der Waals surface area (Å²) in [5.41, 5.74) is 2.27. The molecule has 2 aliphatic rings. The van der Waals surface area contributed by atoms with Crippen molar-refractivity contribution in [2.45, 2.75) is 44.9 Å². The van der Waals surface area contributed by atoms with Crippen LogP contribution < -0.4 is 4.74 Å². The van der Waals surface area contributed by atoms with Crippen LogP contribution in [0.15, 0.2) is 22.6 Å². The fraction of sp³-hybridized carbons (Fsp3) is 0.526. The summed E-state index contributed by atoms with van der Waals surface area (Å²) in [6.45, 7) is 1.87. The Morgan fingerprint density at radius 3 is 2.78 bits per heavy atom. The summed E-state index contributed by atoms with van der Waals surface area (Å²) in [6.07, 6.45) is 8.00. The van der Waals surface area contributed by atoms with Gasteiger partial charge in [0, 0.05) is 30.5 Å². The number of aryl methyl sites for hydroxylation is 2. The molecule has 0 unspecified atom stereocenters. The number of fused-ring (bicyclic) bond motifs is 3. The van der Waals surface area contributed by atoms with E-state index in [0.29, 0.717) is 0 Å². The SMILES string of the molecule is O=C(COc1ccc2oc3c(c2c1)CCCC3)N1CCCCC1. The van der Waals surface area contributed by atoms with Crippen LogP contribution in [0.2, 0.25) is 0 Å². The predicted molar refractivity (Wildman–Crippen MR) is 88.8 cm³/mol. The third-order valence-electron chi connectivity index (χ3n) is 5.00. The van der Waals surface area contributed by atoms with Gasteiger partial charge in [-0.15, -0.1) is 0 Å². The van der Waals surface area contributed by atoms with Crippen LogP contribution in [0.25, 0.3) is 11.0 Å². The molecule has 1 fully saturated rings. The van der Waals surface area contributed by atoms with Crippen molar-refractivity contribution in [3.8, 4) is 5.75 Å². The number of hydrogen-bond acceptors (Lipinski definition) is 3. The second kappa shape index (κ2) is 6.26. The Bertz CT molecular complexity index is 713. The zero-order valence-corrected chi connectivity index (χ0v) is 13.5. The van der Waals surface area contributed by atoms with Gasteiger partial charge in [0.25, 0.3) is 5.91 Å². The van der Waals surface area contributed by atoms with Gasteiger partial charge in [-0.05, 0) is 56.7 Å². The van der Waals surface area contributed by atoms with E-state index in [1.54, 1.807) is 0 Å². The number of amides is 1. The summed E-state index contributed by atoms with van der Waals surface area (Å²) in [6, 6.07) is 5.90. The number of ether oxygens (including phenoxy) is 1. The lowest BCUT2D eigenvalue weighted by atomic mass is 9.96. The first-order valence-corrected chi connectivity index (χ1v) is 8.76. The zero-order valence-electron chi connectivity index (χ0n) is 13.5. The summed E-state index contributed by atoms with van der Waals surface area (Å²) in [5, 5.41) is 1.16. The van der Waals surface area contributed by atoms with E-state index < -0.39 is 0 Å². The molecule has 4 heteroatoms. The molecule has 0 atom stereocenters. The van der Waals surface area contributed by atoms with Crippen molar-refractivity contribution in [3.05, 3.63) is 29.5 Å². The highest BCUT2D eigenvalue weighted by Gasteiger charge is 2.19. The Morgan fingerprint density at radius 2 is 1.91 bits per heavy atom. The number of hydrogen-bond donors (Lipinski definition) is 0. The summed E-state index contributed by atoms with van der Waals surface area (Å²) < 4.78 is 11.7. The molecule has 1 aliphatic carbocycles. The van der Waals surface area contributed by atoms with Gasteiger partial charge in [0.1, 0.15) is 17.1 Å². The van der Waals surface area contributed by atoms with Crippen LogP contribution in [0.3, 0.4) is 0 Å². The average molecular weight is 313 g/mol. The lowest BCUT2D eigenvalue weighted by Gasteiger charge is -2.26. The monoisotopic (exact) mass is 313 g/mol. The molecule has 1 aromatic carbocycles. The molecule has 1 saturated heterocycles. The molecule has 2 aromatic rings. The van der Waals surface area contributed by atoms with E-state index in [-0.39, 0.29) is 12.5 Å². The summed E-state index contributed by atoms with van der Waals surface area (Å²) in [5.74, 6) is 1.99. The molecule has 4 nitrogen and oxygen atoms in total. The molecular formula is C19H23NO3. The zero-order chi connectivity index (χ0) is 15.6. The molecule has 23 heavy (non-hydrogen) atoms. The van der Waals surface area contributed by atoms with Gasteiger partial charge in [-0.25, -0.2) is 0 Å². The van der Waals surface area contributed by atoms with Crippen LogP contribution in [-0.4, -0.2) is 30.5 Å². The Labute approximate surface area is 136 Å². The Morgan fingerprint density at radius 1 is 1.09 bits per heavy atom.